The summed E-state index contributed by atoms with van der Waals surface area (Å²) in [5, 5.41) is 1.29. The van der Waals surface area contributed by atoms with Crippen LogP contribution in [0.1, 0.15) is 35.9 Å². The highest BCUT2D eigenvalue weighted by atomic mass is 32.1. The van der Waals surface area contributed by atoms with Crippen molar-refractivity contribution in [1.82, 2.24) is 4.98 Å². The van der Waals surface area contributed by atoms with Gasteiger partial charge in [-0.3, -0.25) is 0 Å². The van der Waals surface area contributed by atoms with E-state index in [2.05, 4.69) is 42.5 Å². The van der Waals surface area contributed by atoms with Crippen molar-refractivity contribution in [2.75, 3.05) is 13.7 Å². The maximum absolute atomic E-state index is 5.55. The molecule has 24 heavy (non-hydrogen) atoms. The topological polar surface area (TPSA) is 26.6 Å². The van der Waals surface area contributed by atoms with Crippen molar-refractivity contribution in [3.8, 4) is 5.75 Å². The van der Waals surface area contributed by atoms with Gasteiger partial charge in [-0.2, -0.15) is 0 Å². The van der Waals surface area contributed by atoms with Crippen LogP contribution in [0.15, 0.2) is 48.5 Å². The molecule has 0 amide bonds. The van der Waals surface area contributed by atoms with E-state index in [0.717, 1.165) is 17.8 Å². The van der Waals surface area contributed by atoms with E-state index < -0.39 is 0 Å². The Morgan fingerprint density at radius 2 is 1.96 bits per heavy atom. The highest BCUT2D eigenvalue weighted by Crippen LogP contribution is 2.29. The van der Waals surface area contributed by atoms with Crippen LogP contribution in [0.5, 0.6) is 5.75 Å². The van der Waals surface area contributed by atoms with Crippen LogP contribution in [0, 0.1) is 0 Å². The Hall–Kier alpha value is -1.91. The third kappa shape index (κ3) is 3.04. The van der Waals surface area contributed by atoms with Gasteiger partial charge in [-0.1, -0.05) is 24.3 Å². The average Bonchev–Trinajstić information content (AvgIpc) is 3.06. The fourth-order valence-corrected chi connectivity index (χ4v) is 4.88. The molecule has 124 valence electrons. The number of ether oxygens (including phenoxy) is 1. The zero-order chi connectivity index (χ0) is 16.4. The monoisotopic (exact) mass is 339 g/mol. The van der Waals surface area contributed by atoms with E-state index in [1.54, 1.807) is 12.0 Å². The van der Waals surface area contributed by atoms with Gasteiger partial charge >= 0.3 is 0 Å². The number of quaternary nitrogens is 1. The standard InChI is InChI=1S/C20H22N2OS/c1-23-18-11-4-2-8-15(18)14-22-13-7-6-10-17(22)20-21-16-9-3-5-12-19(16)24-20/h2-5,8-9,11-12,17H,6-7,10,13-14H2,1H3/p+1/t17-/m0/s1. The van der Waals surface area contributed by atoms with Gasteiger partial charge in [-0.05, 0) is 37.1 Å². The van der Waals surface area contributed by atoms with Crippen molar-refractivity contribution in [3.63, 3.8) is 0 Å². The molecule has 0 spiro atoms. The number of rotatable bonds is 4. The van der Waals surface area contributed by atoms with E-state index in [1.165, 1.54) is 41.1 Å². The fraction of sp³-hybridized carbons (Fsp3) is 0.350. The molecule has 0 aliphatic carbocycles. The number of hydrogen-bond donors (Lipinski definition) is 1. The molecule has 4 rings (SSSR count). The van der Waals surface area contributed by atoms with Crippen LogP contribution < -0.4 is 9.64 Å². The van der Waals surface area contributed by atoms with Crippen LogP contribution in [0.3, 0.4) is 0 Å². The molecule has 1 fully saturated rings. The third-order valence-corrected chi connectivity index (χ3v) is 6.10. The molecule has 3 nitrogen and oxygen atoms in total. The quantitative estimate of drug-likeness (QED) is 0.786. The Morgan fingerprint density at radius 1 is 1.12 bits per heavy atom. The summed E-state index contributed by atoms with van der Waals surface area (Å²) in [7, 11) is 1.76. The number of benzene rings is 2. The first-order valence-electron chi connectivity index (χ1n) is 8.67. The van der Waals surface area contributed by atoms with Crippen molar-refractivity contribution < 1.29 is 9.64 Å². The summed E-state index contributed by atoms with van der Waals surface area (Å²) in [5.74, 6) is 0.999. The van der Waals surface area contributed by atoms with Crippen molar-refractivity contribution in [1.29, 1.82) is 0 Å². The van der Waals surface area contributed by atoms with Crippen LogP contribution in [0.25, 0.3) is 10.2 Å². The van der Waals surface area contributed by atoms with E-state index in [4.69, 9.17) is 9.72 Å². The number of hydrogen-bond acceptors (Lipinski definition) is 3. The Balaban J connectivity index is 1.63. The third-order valence-electron chi connectivity index (χ3n) is 4.95. The fourth-order valence-electron chi connectivity index (χ4n) is 3.72. The van der Waals surface area contributed by atoms with Crippen molar-refractivity contribution in [2.45, 2.75) is 31.8 Å². The van der Waals surface area contributed by atoms with E-state index in [-0.39, 0.29) is 0 Å². The molecular formula is C20H23N2OS+. The predicted molar refractivity (Wildman–Crippen MR) is 98.7 cm³/mol. The molecule has 1 aromatic heterocycles. The van der Waals surface area contributed by atoms with Gasteiger partial charge in [0.2, 0.25) is 0 Å². The zero-order valence-corrected chi connectivity index (χ0v) is 14.8. The van der Waals surface area contributed by atoms with Gasteiger partial charge < -0.3 is 9.64 Å². The zero-order valence-electron chi connectivity index (χ0n) is 14.0. The van der Waals surface area contributed by atoms with E-state index in [0.29, 0.717) is 6.04 Å². The normalized spacial score (nSPS) is 21.0. The van der Waals surface area contributed by atoms with Crippen molar-refractivity contribution in [2.24, 2.45) is 0 Å². The molecule has 4 heteroatoms. The van der Waals surface area contributed by atoms with Gasteiger partial charge in [0, 0.05) is 12.0 Å². The number of nitrogens with one attached hydrogen (secondary N) is 1. The lowest BCUT2D eigenvalue weighted by Crippen LogP contribution is -3.11. The molecule has 0 radical (unpaired) electrons. The van der Waals surface area contributed by atoms with Gasteiger partial charge in [-0.15, -0.1) is 11.3 Å². The van der Waals surface area contributed by atoms with Crippen LogP contribution in [-0.2, 0) is 6.54 Å². The molecule has 0 saturated carbocycles. The summed E-state index contributed by atoms with van der Waals surface area (Å²) < 4.78 is 6.85. The predicted octanol–water partition coefficient (Wildman–Crippen LogP) is 3.62. The number of para-hydroxylation sites is 2. The lowest BCUT2D eigenvalue weighted by molar-refractivity contribution is -0.950. The van der Waals surface area contributed by atoms with Crippen LogP contribution >= 0.6 is 11.3 Å². The van der Waals surface area contributed by atoms with Crippen LogP contribution in [0.2, 0.25) is 0 Å². The largest absolute Gasteiger partial charge is 0.496 e. The van der Waals surface area contributed by atoms with Gasteiger partial charge in [0.1, 0.15) is 18.3 Å². The molecule has 1 saturated heterocycles. The second-order valence-electron chi connectivity index (χ2n) is 6.47. The molecule has 1 unspecified atom stereocenters. The van der Waals surface area contributed by atoms with Gasteiger partial charge in [-0.25, -0.2) is 4.98 Å². The maximum atomic E-state index is 5.55. The SMILES string of the molecule is COc1ccccc1C[NH+]1CCCC[C@H]1c1nc2ccccc2s1. The molecule has 2 atom stereocenters. The second-order valence-corrected chi connectivity index (χ2v) is 7.53. The van der Waals surface area contributed by atoms with Gasteiger partial charge in [0.15, 0.2) is 5.01 Å². The smallest absolute Gasteiger partial charge is 0.151 e. The first kappa shape index (κ1) is 15.6. The number of piperidine rings is 1. The Labute approximate surface area is 146 Å². The molecular weight excluding hydrogens is 316 g/mol. The van der Waals surface area contributed by atoms with Crippen LogP contribution in [-0.4, -0.2) is 18.6 Å². The minimum Gasteiger partial charge on any atom is -0.496 e. The van der Waals surface area contributed by atoms with Gasteiger partial charge in [0.25, 0.3) is 0 Å². The number of fused-ring (bicyclic) bond motifs is 1. The number of thiazole rings is 1. The summed E-state index contributed by atoms with van der Waals surface area (Å²) in [4.78, 5) is 6.55. The van der Waals surface area contributed by atoms with Crippen LogP contribution in [0.4, 0.5) is 0 Å². The molecule has 1 aliphatic heterocycles. The van der Waals surface area contributed by atoms with E-state index in [9.17, 15) is 0 Å². The second kappa shape index (κ2) is 6.91. The molecule has 2 heterocycles. The summed E-state index contributed by atoms with van der Waals surface area (Å²) >= 11 is 1.86. The minimum absolute atomic E-state index is 0.501. The number of likely N-dealkylation sites (tertiary alicyclic amines) is 1. The number of nitrogens with zero attached hydrogens (tertiary/aromatic N) is 1. The maximum Gasteiger partial charge on any atom is 0.151 e. The minimum atomic E-state index is 0.501. The Kier molecular flexibility index (Phi) is 4.50. The van der Waals surface area contributed by atoms with Gasteiger partial charge in [0.05, 0.1) is 23.9 Å². The van der Waals surface area contributed by atoms with E-state index in [1.807, 2.05) is 17.4 Å². The molecule has 3 aromatic rings. The Bertz CT molecular complexity index is 796. The number of aromatic nitrogens is 1. The molecule has 1 aliphatic rings. The summed E-state index contributed by atoms with van der Waals surface area (Å²) in [6.45, 7) is 2.21. The molecule has 2 aromatic carbocycles. The summed E-state index contributed by atoms with van der Waals surface area (Å²) in [6.07, 6.45) is 3.83. The van der Waals surface area contributed by atoms with Crippen molar-refractivity contribution in [3.05, 3.63) is 59.1 Å². The van der Waals surface area contributed by atoms with Crippen molar-refractivity contribution >= 4 is 21.6 Å². The highest BCUT2D eigenvalue weighted by Gasteiger charge is 2.31. The molecule has 0 bridgehead atoms. The Morgan fingerprint density at radius 3 is 2.83 bits per heavy atom. The van der Waals surface area contributed by atoms with E-state index >= 15 is 0 Å². The lowest BCUT2D eigenvalue weighted by atomic mass is 10.0. The first-order chi connectivity index (χ1) is 11.8. The average molecular weight is 339 g/mol. The lowest BCUT2D eigenvalue weighted by Gasteiger charge is -2.31. The molecule has 1 N–H and O–H groups in total. The summed E-state index contributed by atoms with van der Waals surface area (Å²) in [5.41, 5.74) is 2.43. The number of methoxy groups -OCH3 is 1. The first-order valence-corrected chi connectivity index (χ1v) is 9.49. The summed E-state index contributed by atoms with van der Waals surface area (Å²) in [6, 6.07) is 17.4. The highest BCUT2D eigenvalue weighted by molar-refractivity contribution is 7.18.